The topological polar surface area (TPSA) is 56.7 Å². The van der Waals surface area contributed by atoms with Gasteiger partial charge in [0, 0.05) is 38.5 Å². The molecule has 0 spiro atoms. The normalized spacial score (nSPS) is 15.7. The minimum absolute atomic E-state index is 0. The molecule has 2 rings (SSSR count). The molecular formula is C21H33Cl2IN4O. The Morgan fingerprint density at radius 1 is 1.24 bits per heavy atom. The van der Waals surface area contributed by atoms with Crippen molar-refractivity contribution in [2.45, 2.75) is 45.4 Å². The fraction of sp³-hybridized carbons (Fsp3) is 0.619. The van der Waals surface area contributed by atoms with Gasteiger partial charge in [-0.25, -0.2) is 0 Å². The SMILES string of the molecule is CCNC(=NCC(C)(C)c1ccc(Cl)c(Cl)c1)N1CCC(CC(=O)NC)CC1.I. The van der Waals surface area contributed by atoms with Gasteiger partial charge in [0.15, 0.2) is 5.96 Å². The van der Waals surface area contributed by atoms with Gasteiger partial charge in [0.2, 0.25) is 5.91 Å². The lowest BCUT2D eigenvalue weighted by Crippen LogP contribution is -2.46. The molecule has 29 heavy (non-hydrogen) atoms. The minimum atomic E-state index is -0.160. The van der Waals surface area contributed by atoms with Crippen LogP contribution in [0.3, 0.4) is 0 Å². The Morgan fingerprint density at radius 3 is 2.45 bits per heavy atom. The first-order valence-corrected chi connectivity index (χ1v) is 10.7. The van der Waals surface area contributed by atoms with Crippen LogP contribution in [0.4, 0.5) is 0 Å². The molecule has 0 aromatic heterocycles. The van der Waals surface area contributed by atoms with Crippen LogP contribution in [-0.4, -0.2) is 50.0 Å². The van der Waals surface area contributed by atoms with Crippen LogP contribution >= 0.6 is 47.2 Å². The van der Waals surface area contributed by atoms with Gasteiger partial charge in [0.05, 0.1) is 16.6 Å². The largest absolute Gasteiger partial charge is 0.359 e. The maximum absolute atomic E-state index is 11.6. The molecule has 0 atom stereocenters. The number of amides is 1. The maximum Gasteiger partial charge on any atom is 0.220 e. The molecule has 0 bridgehead atoms. The summed E-state index contributed by atoms with van der Waals surface area (Å²) in [5.41, 5.74) is 0.956. The number of piperidine rings is 1. The van der Waals surface area contributed by atoms with Crippen molar-refractivity contribution >= 4 is 59.0 Å². The second-order valence-corrected chi connectivity index (χ2v) is 8.81. The highest BCUT2D eigenvalue weighted by molar-refractivity contribution is 14.0. The molecule has 1 heterocycles. The second-order valence-electron chi connectivity index (χ2n) is 7.99. The molecule has 0 saturated carbocycles. The number of hydrogen-bond acceptors (Lipinski definition) is 2. The predicted octanol–water partition coefficient (Wildman–Crippen LogP) is 4.70. The number of aliphatic imine (C=N–C) groups is 1. The van der Waals surface area contributed by atoms with E-state index < -0.39 is 0 Å². The van der Waals surface area contributed by atoms with E-state index in [0.29, 0.717) is 28.9 Å². The number of rotatable bonds is 6. The van der Waals surface area contributed by atoms with Crippen LogP contribution in [0.25, 0.3) is 0 Å². The Bertz CT molecular complexity index is 704. The number of guanidine groups is 1. The number of hydrogen-bond donors (Lipinski definition) is 2. The van der Waals surface area contributed by atoms with Crippen molar-refractivity contribution in [3.05, 3.63) is 33.8 Å². The van der Waals surface area contributed by atoms with E-state index in [4.69, 9.17) is 28.2 Å². The fourth-order valence-corrected chi connectivity index (χ4v) is 3.72. The fourth-order valence-electron chi connectivity index (χ4n) is 3.42. The summed E-state index contributed by atoms with van der Waals surface area (Å²) >= 11 is 12.2. The molecule has 2 N–H and O–H groups in total. The summed E-state index contributed by atoms with van der Waals surface area (Å²) in [6.07, 6.45) is 2.63. The van der Waals surface area contributed by atoms with Crippen LogP contribution in [0.2, 0.25) is 10.0 Å². The summed E-state index contributed by atoms with van der Waals surface area (Å²) in [6.45, 7) is 9.71. The third kappa shape index (κ3) is 7.79. The molecule has 1 fully saturated rings. The predicted molar refractivity (Wildman–Crippen MR) is 134 cm³/mol. The minimum Gasteiger partial charge on any atom is -0.359 e. The zero-order valence-electron chi connectivity index (χ0n) is 17.7. The summed E-state index contributed by atoms with van der Waals surface area (Å²) in [7, 11) is 1.70. The van der Waals surface area contributed by atoms with Crippen LogP contribution in [0.15, 0.2) is 23.2 Å². The summed E-state index contributed by atoms with van der Waals surface area (Å²) in [5, 5.41) is 7.27. The third-order valence-electron chi connectivity index (χ3n) is 5.33. The van der Waals surface area contributed by atoms with E-state index in [9.17, 15) is 4.79 Å². The van der Waals surface area contributed by atoms with Crippen molar-refractivity contribution in [2.24, 2.45) is 10.9 Å². The zero-order valence-corrected chi connectivity index (χ0v) is 21.6. The average Bonchev–Trinajstić information content (AvgIpc) is 2.67. The number of nitrogens with one attached hydrogen (secondary N) is 2. The third-order valence-corrected chi connectivity index (χ3v) is 6.07. The molecule has 8 heteroatoms. The second kappa shape index (κ2) is 12.2. The van der Waals surface area contributed by atoms with Gasteiger partial charge >= 0.3 is 0 Å². The van der Waals surface area contributed by atoms with Gasteiger partial charge < -0.3 is 15.5 Å². The summed E-state index contributed by atoms with van der Waals surface area (Å²) in [5.74, 6) is 1.52. The van der Waals surface area contributed by atoms with E-state index in [0.717, 1.165) is 44.0 Å². The van der Waals surface area contributed by atoms with Crippen molar-refractivity contribution in [1.82, 2.24) is 15.5 Å². The molecule has 1 aromatic rings. The maximum atomic E-state index is 11.6. The first kappa shape index (κ1) is 26.3. The van der Waals surface area contributed by atoms with Crippen LogP contribution in [0.5, 0.6) is 0 Å². The van der Waals surface area contributed by atoms with E-state index in [-0.39, 0.29) is 35.3 Å². The van der Waals surface area contributed by atoms with Gasteiger partial charge in [-0.3, -0.25) is 9.79 Å². The van der Waals surface area contributed by atoms with Gasteiger partial charge in [-0.1, -0.05) is 43.1 Å². The van der Waals surface area contributed by atoms with E-state index in [1.54, 1.807) is 7.05 Å². The Kier molecular flexibility index (Phi) is 11.1. The standard InChI is InChI=1S/C21H32Cl2N4O.HI/c1-5-25-20(27-10-8-15(9-11-27)12-19(28)24-4)26-14-21(2,3)16-6-7-17(22)18(23)13-16;/h6-7,13,15H,5,8-12,14H2,1-4H3,(H,24,28)(H,25,26);1H. The molecule has 0 radical (unpaired) electrons. The molecular weight excluding hydrogens is 522 g/mol. The number of carbonyl (C=O) groups excluding carboxylic acids is 1. The van der Waals surface area contributed by atoms with Gasteiger partial charge in [0.25, 0.3) is 0 Å². The highest BCUT2D eigenvalue weighted by Crippen LogP contribution is 2.30. The lowest BCUT2D eigenvalue weighted by Gasteiger charge is -2.34. The lowest BCUT2D eigenvalue weighted by molar-refractivity contribution is -0.121. The molecule has 5 nitrogen and oxygen atoms in total. The van der Waals surface area contributed by atoms with Crippen molar-refractivity contribution in [1.29, 1.82) is 0 Å². The van der Waals surface area contributed by atoms with Crippen molar-refractivity contribution < 1.29 is 4.79 Å². The Hall–Kier alpha value is -0.730. The quantitative estimate of drug-likeness (QED) is 0.304. The van der Waals surface area contributed by atoms with Crippen molar-refractivity contribution in [3.8, 4) is 0 Å². The average molecular weight is 555 g/mol. The van der Waals surface area contributed by atoms with Crippen LogP contribution in [0, 0.1) is 5.92 Å². The summed E-state index contributed by atoms with van der Waals surface area (Å²) < 4.78 is 0. The van der Waals surface area contributed by atoms with Crippen molar-refractivity contribution in [2.75, 3.05) is 33.2 Å². The number of nitrogens with zero attached hydrogens (tertiary/aromatic N) is 2. The van der Waals surface area contributed by atoms with Crippen molar-refractivity contribution in [3.63, 3.8) is 0 Å². The molecule has 1 aliphatic heterocycles. The van der Waals surface area contributed by atoms with Gasteiger partial charge in [0.1, 0.15) is 0 Å². The highest BCUT2D eigenvalue weighted by atomic mass is 127. The molecule has 1 amide bonds. The Morgan fingerprint density at radius 2 is 1.90 bits per heavy atom. The lowest BCUT2D eigenvalue weighted by atomic mass is 9.85. The smallest absolute Gasteiger partial charge is 0.220 e. The Balaban J connectivity index is 0.00000420. The van der Waals surface area contributed by atoms with E-state index in [1.807, 2.05) is 18.2 Å². The molecule has 1 aromatic carbocycles. The first-order valence-electron chi connectivity index (χ1n) is 9.96. The number of halogens is 3. The number of carbonyl (C=O) groups is 1. The van der Waals surface area contributed by atoms with E-state index in [2.05, 4.69) is 36.3 Å². The Labute approximate surface area is 202 Å². The number of likely N-dealkylation sites (tertiary alicyclic amines) is 1. The van der Waals surface area contributed by atoms with Gasteiger partial charge in [-0.05, 0) is 43.4 Å². The molecule has 1 saturated heterocycles. The van der Waals surface area contributed by atoms with Crippen LogP contribution in [0.1, 0.15) is 45.6 Å². The zero-order chi connectivity index (χ0) is 20.7. The van der Waals surface area contributed by atoms with E-state index >= 15 is 0 Å². The molecule has 164 valence electrons. The molecule has 1 aliphatic rings. The summed E-state index contributed by atoms with van der Waals surface area (Å²) in [4.78, 5) is 18.8. The number of benzene rings is 1. The molecule has 0 unspecified atom stereocenters. The van der Waals surface area contributed by atoms with Gasteiger partial charge in [-0.2, -0.15) is 0 Å². The summed E-state index contributed by atoms with van der Waals surface area (Å²) in [6, 6.07) is 5.78. The monoisotopic (exact) mass is 554 g/mol. The first-order chi connectivity index (χ1) is 13.3. The van der Waals surface area contributed by atoms with Crippen LogP contribution in [-0.2, 0) is 10.2 Å². The highest BCUT2D eigenvalue weighted by Gasteiger charge is 2.25. The van der Waals surface area contributed by atoms with Gasteiger partial charge in [-0.15, -0.1) is 24.0 Å². The molecule has 0 aliphatic carbocycles. The van der Waals surface area contributed by atoms with Crippen LogP contribution < -0.4 is 10.6 Å². The van der Waals surface area contributed by atoms with E-state index in [1.165, 1.54) is 0 Å².